The minimum Gasteiger partial charge on any atom is -0.317 e. The van der Waals surface area contributed by atoms with E-state index >= 15 is 0 Å². The fraction of sp³-hybridized carbons (Fsp3) is 0. The smallest absolute Gasteiger partial charge is 0.243 e. The Bertz CT molecular complexity index is 586. The van der Waals surface area contributed by atoms with E-state index in [-0.39, 0.29) is 0 Å². The standard InChI is InChI=1S/C10H7Cl3N4/c11-4-1-5(8(13)6(12)2-4)9-10(15)17-7(14)3-16-9/h1-3H,(H4,14,15,17)/p+1. The number of aromatic nitrogens is 2. The van der Waals surface area contributed by atoms with Crippen molar-refractivity contribution in [2.75, 3.05) is 11.5 Å². The maximum absolute atomic E-state index is 6.08. The fourth-order valence-corrected chi connectivity index (χ4v) is 2.09. The molecule has 0 spiro atoms. The quantitative estimate of drug-likeness (QED) is 0.793. The van der Waals surface area contributed by atoms with E-state index in [0.717, 1.165) is 0 Å². The zero-order valence-electron chi connectivity index (χ0n) is 8.47. The van der Waals surface area contributed by atoms with E-state index in [9.17, 15) is 0 Å². The Balaban J connectivity index is 2.68. The second-order valence-electron chi connectivity index (χ2n) is 3.35. The van der Waals surface area contributed by atoms with Crippen LogP contribution in [-0.4, -0.2) is 4.98 Å². The Morgan fingerprint density at radius 3 is 2.47 bits per heavy atom. The second-order valence-corrected chi connectivity index (χ2v) is 4.57. The van der Waals surface area contributed by atoms with Crippen molar-refractivity contribution >= 4 is 46.4 Å². The predicted molar refractivity (Wildman–Crippen MR) is 70.1 cm³/mol. The molecule has 0 saturated carbocycles. The second kappa shape index (κ2) is 4.56. The molecule has 0 amide bonds. The number of hydrogen-bond donors (Lipinski definition) is 2. The zero-order valence-corrected chi connectivity index (χ0v) is 10.7. The van der Waals surface area contributed by atoms with E-state index in [2.05, 4.69) is 9.97 Å². The number of hydrogen-bond acceptors (Lipinski definition) is 3. The van der Waals surface area contributed by atoms with Crippen molar-refractivity contribution in [2.24, 2.45) is 0 Å². The summed E-state index contributed by atoms with van der Waals surface area (Å²) in [5, 5.41) is 1.13. The van der Waals surface area contributed by atoms with Gasteiger partial charge in [0.2, 0.25) is 11.6 Å². The first-order chi connectivity index (χ1) is 7.99. The van der Waals surface area contributed by atoms with Gasteiger partial charge >= 0.3 is 0 Å². The van der Waals surface area contributed by atoms with Crippen LogP contribution in [0.4, 0.5) is 11.6 Å². The van der Waals surface area contributed by atoms with Crippen molar-refractivity contribution in [3.63, 3.8) is 0 Å². The van der Waals surface area contributed by atoms with E-state index < -0.39 is 0 Å². The highest BCUT2D eigenvalue weighted by atomic mass is 35.5. The summed E-state index contributed by atoms with van der Waals surface area (Å²) in [6, 6.07) is 3.19. The van der Waals surface area contributed by atoms with Gasteiger partial charge in [-0.05, 0) is 12.1 Å². The number of anilines is 2. The van der Waals surface area contributed by atoms with E-state index in [1.807, 2.05) is 0 Å². The summed E-state index contributed by atoms with van der Waals surface area (Å²) >= 11 is 17.9. The average molecular weight is 291 g/mol. The van der Waals surface area contributed by atoms with Crippen LogP contribution in [0.1, 0.15) is 0 Å². The Labute approximate surface area is 113 Å². The third kappa shape index (κ3) is 2.39. The van der Waals surface area contributed by atoms with Gasteiger partial charge in [0.15, 0.2) is 0 Å². The molecule has 0 atom stereocenters. The molecule has 0 fully saturated rings. The van der Waals surface area contributed by atoms with Crippen LogP contribution in [-0.2, 0) is 0 Å². The Morgan fingerprint density at radius 2 is 1.82 bits per heavy atom. The van der Waals surface area contributed by atoms with Crippen molar-refractivity contribution in [3.8, 4) is 11.3 Å². The van der Waals surface area contributed by atoms with Crippen LogP contribution < -0.4 is 16.5 Å². The van der Waals surface area contributed by atoms with Gasteiger partial charge in [0.25, 0.3) is 0 Å². The van der Waals surface area contributed by atoms with Gasteiger partial charge < -0.3 is 11.5 Å². The molecule has 88 valence electrons. The first-order valence-electron chi connectivity index (χ1n) is 4.57. The van der Waals surface area contributed by atoms with Crippen LogP contribution in [0.3, 0.4) is 0 Å². The first kappa shape index (κ1) is 12.2. The lowest BCUT2D eigenvalue weighted by Gasteiger charge is -2.06. The molecule has 2 rings (SSSR count). The maximum atomic E-state index is 6.08. The number of halogens is 3. The van der Waals surface area contributed by atoms with Gasteiger partial charge in [0.1, 0.15) is 5.69 Å². The molecular formula is C10H8Cl3N4+. The highest BCUT2D eigenvalue weighted by Gasteiger charge is 2.15. The SMILES string of the molecule is Nc1cnc(-c2cc(Cl)cc(Cl)c2Cl)c(N)[nH+]1. The van der Waals surface area contributed by atoms with Crippen molar-refractivity contribution in [1.29, 1.82) is 0 Å². The van der Waals surface area contributed by atoms with Crippen molar-refractivity contribution in [3.05, 3.63) is 33.4 Å². The number of H-pyrrole nitrogens is 1. The fourth-order valence-electron chi connectivity index (χ4n) is 1.39. The minimum absolute atomic E-state index is 0.297. The van der Waals surface area contributed by atoms with Gasteiger partial charge in [-0.15, -0.1) is 0 Å². The van der Waals surface area contributed by atoms with Gasteiger partial charge in [0.05, 0.1) is 16.2 Å². The molecule has 0 radical (unpaired) electrons. The number of nitrogens with two attached hydrogens (primary N) is 2. The topological polar surface area (TPSA) is 79.1 Å². The Morgan fingerprint density at radius 1 is 1.12 bits per heavy atom. The van der Waals surface area contributed by atoms with Crippen LogP contribution in [0.2, 0.25) is 15.1 Å². The lowest BCUT2D eigenvalue weighted by molar-refractivity contribution is -0.342. The van der Waals surface area contributed by atoms with Crippen molar-refractivity contribution in [2.45, 2.75) is 0 Å². The number of nitrogens with zero attached hydrogens (tertiary/aromatic N) is 1. The number of nitrogens with one attached hydrogen (secondary N) is 1. The normalized spacial score (nSPS) is 10.5. The van der Waals surface area contributed by atoms with Gasteiger partial charge in [-0.25, -0.2) is 9.97 Å². The predicted octanol–water partition coefficient (Wildman–Crippen LogP) is 2.69. The van der Waals surface area contributed by atoms with Gasteiger partial charge in [-0.1, -0.05) is 34.8 Å². The molecule has 0 saturated heterocycles. The van der Waals surface area contributed by atoms with Gasteiger partial charge in [0, 0.05) is 10.6 Å². The number of nitrogen functional groups attached to an aromatic ring is 2. The van der Waals surface area contributed by atoms with E-state index in [1.165, 1.54) is 6.20 Å². The minimum atomic E-state index is 0.297. The highest BCUT2D eigenvalue weighted by Crippen LogP contribution is 2.36. The summed E-state index contributed by atoms with van der Waals surface area (Å²) in [6.45, 7) is 0. The number of rotatable bonds is 1. The molecule has 0 aliphatic carbocycles. The summed E-state index contributed by atoms with van der Waals surface area (Å²) in [4.78, 5) is 6.86. The Kier molecular flexibility index (Phi) is 3.28. The summed E-state index contributed by atoms with van der Waals surface area (Å²) in [5.74, 6) is 0.653. The molecule has 7 heteroatoms. The molecule has 0 aliphatic heterocycles. The third-order valence-electron chi connectivity index (χ3n) is 2.11. The summed E-state index contributed by atoms with van der Waals surface area (Å²) in [6.07, 6.45) is 1.44. The monoisotopic (exact) mass is 289 g/mol. The molecule has 1 heterocycles. The molecule has 1 aromatic carbocycles. The molecule has 0 aliphatic rings. The highest BCUT2D eigenvalue weighted by molar-refractivity contribution is 6.45. The first-order valence-corrected chi connectivity index (χ1v) is 5.70. The van der Waals surface area contributed by atoms with Gasteiger partial charge in [-0.2, -0.15) is 0 Å². The van der Waals surface area contributed by atoms with Crippen LogP contribution >= 0.6 is 34.8 Å². The molecule has 2 aromatic rings. The van der Waals surface area contributed by atoms with Crippen LogP contribution in [0, 0.1) is 0 Å². The summed E-state index contributed by atoms with van der Waals surface area (Å²) in [5.41, 5.74) is 12.3. The maximum Gasteiger partial charge on any atom is 0.243 e. The van der Waals surface area contributed by atoms with Crippen LogP contribution in [0.5, 0.6) is 0 Å². The lowest BCUT2D eigenvalue weighted by Crippen LogP contribution is -2.17. The molecule has 4 nitrogen and oxygen atoms in total. The third-order valence-corrected chi connectivity index (χ3v) is 3.14. The average Bonchev–Trinajstić information content (AvgIpc) is 2.24. The van der Waals surface area contributed by atoms with E-state index in [4.69, 9.17) is 46.3 Å². The Hall–Kier alpha value is -1.23. The summed E-state index contributed by atoms with van der Waals surface area (Å²) < 4.78 is 0. The molecule has 1 aromatic heterocycles. The number of aromatic amines is 1. The summed E-state index contributed by atoms with van der Waals surface area (Å²) in [7, 11) is 0. The zero-order chi connectivity index (χ0) is 12.6. The van der Waals surface area contributed by atoms with Crippen LogP contribution in [0.15, 0.2) is 18.3 Å². The molecule has 0 unspecified atom stereocenters. The molecule has 0 bridgehead atoms. The molecular weight excluding hydrogens is 282 g/mol. The molecule has 17 heavy (non-hydrogen) atoms. The van der Waals surface area contributed by atoms with E-state index in [1.54, 1.807) is 12.1 Å². The van der Waals surface area contributed by atoms with Crippen molar-refractivity contribution in [1.82, 2.24) is 4.98 Å². The van der Waals surface area contributed by atoms with Crippen LogP contribution in [0.25, 0.3) is 11.3 Å². The molecule has 5 N–H and O–H groups in total. The largest absolute Gasteiger partial charge is 0.317 e. The van der Waals surface area contributed by atoms with Gasteiger partial charge in [-0.3, -0.25) is 0 Å². The number of benzene rings is 1. The van der Waals surface area contributed by atoms with Crippen molar-refractivity contribution < 1.29 is 4.98 Å². The van der Waals surface area contributed by atoms with E-state index in [0.29, 0.717) is 38.0 Å². The lowest BCUT2D eigenvalue weighted by atomic mass is 10.1.